The molecular formula is C74H78BN3. The van der Waals surface area contributed by atoms with Crippen molar-refractivity contribution in [1.29, 1.82) is 0 Å². The van der Waals surface area contributed by atoms with Crippen molar-refractivity contribution in [1.82, 2.24) is 0 Å². The molecule has 4 unspecified atom stereocenters. The first-order valence-corrected chi connectivity index (χ1v) is 29.5. The average molecular weight is 1020 g/mol. The van der Waals surface area contributed by atoms with Crippen LogP contribution in [0.2, 0.25) is 0 Å². The van der Waals surface area contributed by atoms with E-state index in [9.17, 15) is 0 Å². The third kappa shape index (κ3) is 6.64. The van der Waals surface area contributed by atoms with E-state index in [0.29, 0.717) is 0 Å². The van der Waals surface area contributed by atoms with Crippen molar-refractivity contribution >= 4 is 62.9 Å². The molecule has 0 saturated heterocycles. The van der Waals surface area contributed by atoms with Gasteiger partial charge in [0, 0.05) is 50.5 Å². The highest BCUT2D eigenvalue weighted by atomic mass is 15.3. The maximum atomic E-state index is 2.96. The molecule has 392 valence electrons. The smallest absolute Gasteiger partial charge is 0.252 e. The molecule has 0 bridgehead atoms. The summed E-state index contributed by atoms with van der Waals surface area (Å²) in [6, 6.07) is 65.1. The molecule has 0 spiro atoms. The first-order valence-electron chi connectivity index (χ1n) is 29.5. The zero-order valence-corrected chi connectivity index (χ0v) is 48.8. The average Bonchev–Trinajstić information content (AvgIpc) is 2.18. The number of rotatable bonds is 4. The highest BCUT2D eigenvalue weighted by Gasteiger charge is 2.63. The predicted octanol–water partition coefficient (Wildman–Crippen LogP) is 17.5. The third-order valence-electron chi connectivity index (χ3n) is 21.1. The fourth-order valence-corrected chi connectivity index (χ4v) is 16.2. The first kappa shape index (κ1) is 49.5. The molecule has 6 aliphatic rings. The maximum absolute atomic E-state index is 2.96. The molecule has 4 aliphatic heterocycles. The van der Waals surface area contributed by atoms with E-state index >= 15 is 0 Å². The molecule has 0 aromatic heterocycles. The summed E-state index contributed by atoms with van der Waals surface area (Å²) in [6.45, 7) is 31.8. The topological polar surface area (TPSA) is 9.72 Å². The molecule has 8 aromatic rings. The number of aryl methyl sites for hydroxylation is 1. The predicted molar refractivity (Wildman–Crippen MR) is 334 cm³/mol. The van der Waals surface area contributed by atoms with Gasteiger partial charge < -0.3 is 14.7 Å². The molecule has 4 atom stereocenters. The van der Waals surface area contributed by atoms with Gasteiger partial charge in [0.2, 0.25) is 0 Å². The monoisotopic (exact) mass is 1020 g/mol. The van der Waals surface area contributed by atoms with Gasteiger partial charge >= 0.3 is 0 Å². The zero-order valence-electron chi connectivity index (χ0n) is 48.8. The molecular weight excluding hydrogens is 942 g/mol. The van der Waals surface area contributed by atoms with Crippen molar-refractivity contribution in [3.05, 3.63) is 203 Å². The van der Waals surface area contributed by atoms with Crippen molar-refractivity contribution < 1.29 is 0 Å². The first-order chi connectivity index (χ1) is 37.1. The van der Waals surface area contributed by atoms with Crippen LogP contribution >= 0.6 is 0 Å². The Hall–Kier alpha value is -6.78. The van der Waals surface area contributed by atoms with E-state index < -0.39 is 0 Å². The van der Waals surface area contributed by atoms with Crippen LogP contribution in [0.15, 0.2) is 164 Å². The summed E-state index contributed by atoms with van der Waals surface area (Å²) in [4.78, 5) is 8.54. The molecule has 1 fully saturated rings. The lowest BCUT2D eigenvalue weighted by Crippen LogP contribution is -2.64. The Morgan fingerprint density at radius 2 is 1.01 bits per heavy atom. The zero-order chi connectivity index (χ0) is 54.3. The van der Waals surface area contributed by atoms with E-state index in [-0.39, 0.29) is 44.9 Å². The lowest BCUT2D eigenvalue weighted by molar-refractivity contribution is 0.195. The van der Waals surface area contributed by atoms with Crippen LogP contribution in [0, 0.1) is 0 Å². The van der Waals surface area contributed by atoms with Gasteiger partial charge in [0.1, 0.15) is 0 Å². The van der Waals surface area contributed by atoms with Gasteiger partial charge in [-0.15, -0.1) is 0 Å². The Labute approximate surface area is 466 Å². The number of nitrogens with zero attached hydrogens (tertiary/aromatic N) is 3. The van der Waals surface area contributed by atoms with Gasteiger partial charge in [-0.1, -0.05) is 210 Å². The van der Waals surface area contributed by atoms with Crippen LogP contribution in [0.4, 0.5) is 39.8 Å². The second-order valence-electron chi connectivity index (χ2n) is 28.4. The largest absolute Gasteiger partial charge is 0.335 e. The van der Waals surface area contributed by atoms with Gasteiger partial charge in [0.05, 0.1) is 16.8 Å². The molecule has 1 saturated carbocycles. The van der Waals surface area contributed by atoms with E-state index in [2.05, 4.69) is 269 Å². The lowest BCUT2D eigenvalue weighted by Gasteiger charge is -2.54. The van der Waals surface area contributed by atoms with Gasteiger partial charge in [0.25, 0.3) is 6.71 Å². The molecule has 3 nitrogen and oxygen atoms in total. The molecule has 0 amide bonds. The minimum Gasteiger partial charge on any atom is -0.335 e. The van der Waals surface area contributed by atoms with E-state index in [0.717, 1.165) is 25.7 Å². The highest BCUT2D eigenvalue weighted by Crippen LogP contribution is 2.67. The Bertz CT molecular complexity index is 3800. The van der Waals surface area contributed by atoms with Crippen molar-refractivity contribution in [2.45, 2.75) is 167 Å². The summed E-state index contributed by atoms with van der Waals surface area (Å²) < 4.78 is 0. The van der Waals surface area contributed by atoms with E-state index in [1.165, 1.54) is 130 Å². The Kier molecular flexibility index (Phi) is 10.4. The van der Waals surface area contributed by atoms with Crippen LogP contribution < -0.4 is 31.1 Å². The molecule has 4 heterocycles. The lowest BCUT2D eigenvalue weighted by atomic mass is 9.33. The molecule has 78 heavy (non-hydrogen) atoms. The number of anilines is 7. The molecule has 4 heteroatoms. The van der Waals surface area contributed by atoms with Crippen molar-refractivity contribution in [3.8, 4) is 22.3 Å². The van der Waals surface area contributed by atoms with Crippen LogP contribution in [0.5, 0.6) is 0 Å². The minimum absolute atomic E-state index is 0.00978. The second kappa shape index (κ2) is 16.4. The standard InChI is InChI=1S/C74H78BN3/c1-68(2,3)51-30-33-61(55(42-51)48-26-18-15-19-27-48)76-63-35-32-53(70(7,8)9)44-59(63)75-60-41-50(47-24-16-14-17-25-47)40-58-67(60)78(73(12)38-23-22-37-71(58,73)10)65-46-54(45-64(76)66(65)75)77-62-34-31-52(69(4,5)6)43-57(62)72(11)39-36-49-28-20-21-29-56(49)74(72,77)13/h14-21,24-35,40-46H,22-23,36-39H2,1-13H3. The second-order valence-corrected chi connectivity index (χ2v) is 28.4. The summed E-state index contributed by atoms with van der Waals surface area (Å²) in [5, 5.41) is 0. The highest BCUT2D eigenvalue weighted by molar-refractivity contribution is 7.00. The Morgan fingerprint density at radius 3 is 1.71 bits per heavy atom. The Morgan fingerprint density at radius 1 is 0.423 bits per heavy atom. The van der Waals surface area contributed by atoms with Gasteiger partial charge in [-0.2, -0.15) is 0 Å². The number of hydrogen-bond acceptors (Lipinski definition) is 3. The van der Waals surface area contributed by atoms with E-state index in [1.807, 2.05) is 0 Å². The molecule has 2 aliphatic carbocycles. The van der Waals surface area contributed by atoms with Crippen molar-refractivity contribution in [2.24, 2.45) is 0 Å². The normalized spacial score (nSPS) is 23.5. The van der Waals surface area contributed by atoms with Crippen LogP contribution in [-0.2, 0) is 39.0 Å². The third-order valence-corrected chi connectivity index (χ3v) is 21.1. The Balaban J connectivity index is 1.15. The van der Waals surface area contributed by atoms with Crippen LogP contribution in [0.1, 0.15) is 161 Å². The summed E-state index contributed by atoms with van der Waals surface area (Å²) >= 11 is 0. The summed E-state index contributed by atoms with van der Waals surface area (Å²) in [7, 11) is 0. The van der Waals surface area contributed by atoms with E-state index in [1.54, 1.807) is 0 Å². The van der Waals surface area contributed by atoms with Crippen LogP contribution in [0.25, 0.3) is 22.3 Å². The van der Waals surface area contributed by atoms with Crippen molar-refractivity contribution in [2.75, 3.05) is 14.7 Å². The molecule has 0 radical (unpaired) electrons. The summed E-state index contributed by atoms with van der Waals surface area (Å²) in [5.74, 6) is 0. The van der Waals surface area contributed by atoms with Gasteiger partial charge in [-0.05, 0) is 170 Å². The van der Waals surface area contributed by atoms with Gasteiger partial charge in [-0.25, -0.2) is 0 Å². The van der Waals surface area contributed by atoms with Gasteiger partial charge in [0.15, 0.2) is 0 Å². The van der Waals surface area contributed by atoms with E-state index in [4.69, 9.17) is 0 Å². The summed E-state index contributed by atoms with van der Waals surface area (Å²) in [6.07, 6.45) is 6.90. The molecule has 14 rings (SSSR count). The van der Waals surface area contributed by atoms with Crippen LogP contribution in [-0.4, -0.2) is 12.3 Å². The number of hydrogen-bond donors (Lipinski definition) is 0. The van der Waals surface area contributed by atoms with Crippen molar-refractivity contribution in [3.63, 3.8) is 0 Å². The quantitative estimate of drug-likeness (QED) is 0.163. The number of fused-ring (bicyclic) bond motifs is 12. The fraction of sp³-hybridized carbons (Fsp3) is 0.351. The number of benzene rings is 8. The summed E-state index contributed by atoms with van der Waals surface area (Å²) in [5.41, 5.74) is 27.7. The van der Waals surface area contributed by atoms with Crippen LogP contribution in [0.3, 0.4) is 0 Å². The fourth-order valence-electron chi connectivity index (χ4n) is 16.2. The SMILES string of the molecule is CC(C)(C)c1ccc2c(c1)B1c3cc(-c4ccccc4)cc4c3N(c3cc(N5c6ccc(C(C)(C)C)cc6C6(C)CCc7ccccc7C56C)cc(c31)N2c1ccc(C(C)(C)C)cc1-c1ccccc1)C1(C)CCCCC41C. The molecule has 8 aromatic carbocycles. The minimum atomic E-state index is -0.389. The van der Waals surface area contributed by atoms with Gasteiger partial charge in [-0.3, -0.25) is 0 Å². The maximum Gasteiger partial charge on any atom is 0.252 e. The molecule has 0 N–H and O–H groups in total.